The van der Waals surface area contributed by atoms with E-state index in [0.29, 0.717) is 11.8 Å². The molecular formula is C6H6N6O2. The van der Waals surface area contributed by atoms with Crippen molar-refractivity contribution >= 4 is 5.97 Å². The van der Waals surface area contributed by atoms with E-state index in [1.54, 1.807) is 0 Å². The average molecular weight is 194 g/mol. The first-order valence-corrected chi connectivity index (χ1v) is 3.74. The van der Waals surface area contributed by atoms with Crippen molar-refractivity contribution < 1.29 is 9.90 Å². The number of aromatic nitrogens is 6. The van der Waals surface area contributed by atoms with E-state index in [2.05, 4.69) is 25.4 Å². The van der Waals surface area contributed by atoms with Crippen molar-refractivity contribution in [3.8, 4) is 5.95 Å². The second kappa shape index (κ2) is 3.24. The zero-order chi connectivity index (χ0) is 9.97. The molecule has 2 rings (SSSR count). The normalized spacial score (nSPS) is 10.3. The number of nitrogens with one attached hydrogen (secondary N) is 1. The van der Waals surface area contributed by atoms with E-state index >= 15 is 0 Å². The number of aromatic amines is 1. The van der Waals surface area contributed by atoms with Gasteiger partial charge in [-0.05, 0) is 0 Å². The molecule has 2 N–H and O–H groups in total. The van der Waals surface area contributed by atoms with Gasteiger partial charge in [0.05, 0.1) is 0 Å². The molecule has 0 spiro atoms. The van der Waals surface area contributed by atoms with Crippen molar-refractivity contribution in [3.63, 3.8) is 0 Å². The Bertz CT molecular complexity index is 433. The van der Waals surface area contributed by atoms with Gasteiger partial charge in [-0.25, -0.2) is 0 Å². The maximum Gasteiger partial charge on any atom is 0.311 e. The number of hydrogen-bond acceptors (Lipinski definition) is 5. The zero-order valence-corrected chi connectivity index (χ0v) is 6.95. The molecule has 2 aromatic rings. The Balaban J connectivity index is 2.22. The van der Waals surface area contributed by atoms with Crippen molar-refractivity contribution in [2.24, 2.45) is 0 Å². The molecule has 14 heavy (non-hydrogen) atoms. The van der Waals surface area contributed by atoms with Crippen LogP contribution in [0.4, 0.5) is 0 Å². The lowest BCUT2D eigenvalue weighted by molar-refractivity contribution is -0.136. The van der Waals surface area contributed by atoms with Crippen LogP contribution < -0.4 is 0 Å². The van der Waals surface area contributed by atoms with Gasteiger partial charge in [0.15, 0.2) is 0 Å². The van der Waals surface area contributed by atoms with Gasteiger partial charge in [-0.2, -0.15) is 4.98 Å². The van der Waals surface area contributed by atoms with Crippen LogP contribution in [0, 0.1) is 0 Å². The third-order valence-electron chi connectivity index (χ3n) is 1.49. The molecule has 2 heterocycles. The Hall–Kier alpha value is -2.25. The SMILES string of the molecule is O=C(O)Cc1nc(-n2cnnc2)n[nH]1. The molecule has 0 radical (unpaired) electrons. The molecule has 0 aliphatic carbocycles. The summed E-state index contributed by atoms with van der Waals surface area (Å²) in [6.45, 7) is 0. The summed E-state index contributed by atoms with van der Waals surface area (Å²) in [6.07, 6.45) is 2.66. The van der Waals surface area contributed by atoms with Gasteiger partial charge in [0.1, 0.15) is 24.9 Å². The fraction of sp³-hybridized carbons (Fsp3) is 0.167. The van der Waals surface area contributed by atoms with Crippen molar-refractivity contribution in [2.75, 3.05) is 0 Å². The average Bonchev–Trinajstić information content (AvgIpc) is 2.69. The molecule has 0 unspecified atom stereocenters. The van der Waals surface area contributed by atoms with E-state index in [1.165, 1.54) is 17.2 Å². The summed E-state index contributed by atoms with van der Waals surface area (Å²) in [5, 5.41) is 21.9. The summed E-state index contributed by atoms with van der Waals surface area (Å²) in [6, 6.07) is 0. The second-order valence-corrected chi connectivity index (χ2v) is 2.52. The molecular weight excluding hydrogens is 188 g/mol. The van der Waals surface area contributed by atoms with Crippen LogP contribution in [0.15, 0.2) is 12.7 Å². The van der Waals surface area contributed by atoms with Gasteiger partial charge in [0, 0.05) is 0 Å². The van der Waals surface area contributed by atoms with E-state index in [1.807, 2.05) is 0 Å². The van der Waals surface area contributed by atoms with Crippen molar-refractivity contribution in [1.29, 1.82) is 0 Å². The molecule has 0 amide bonds. The highest BCUT2D eigenvalue weighted by atomic mass is 16.4. The van der Waals surface area contributed by atoms with E-state index in [0.717, 1.165) is 0 Å². The molecule has 2 aromatic heterocycles. The molecule has 0 bridgehead atoms. The Morgan fingerprint density at radius 1 is 1.50 bits per heavy atom. The van der Waals surface area contributed by atoms with E-state index in [9.17, 15) is 4.79 Å². The predicted octanol–water partition coefficient (Wildman–Crippen LogP) is -0.988. The minimum Gasteiger partial charge on any atom is -0.481 e. The van der Waals surface area contributed by atoms with Crippen molar-refractivity contribution in [1.82, 2.24) is 29.9 Å². The van der Waals surface area contributed by atoms with Crippen molar-refractivity contribution in [2.45, 2.75) is 6.42 Å². The molecule has 0 saturated heterocycles. The smallest absolute Gasteiger partial charge is 0.311 e. The lowest BCUT2D eigenvalue weighted by atomic mass is 10.4. The highest BCUT2D eigenvalue weighted by molar-refractivity contribution is 5.68. The molecule has 0 fully saturated rings. The number of hydrogen-bond donors (Lipinski definition) is 2. The minimum atomic E-state index is -0.962. The number of carboxylic acid groups (broad SMARTS) is 1. The number of aliphatic carboxylic acids is 1. The first-order chi connectivity index (χ1) is 6.75. The highest BCUT2D eigenvalue weighted by Gasteiger charge is 2.07. The van der Waals surface area contributed by atoms with Gasteiger partial charge in [0.2, 0.25) is 0 Å². The van der Waals surface area contributed by atoms with Gasteiger partial charge >= 0.3 is 5.97 Å². The Morgan fingerprint density at radius 3 is 2.86 bits per heavy atom. The monoisotopic (exact) mass is 194 g/mol. The van der Waals surface area contributed by atoms with Crippen LogP contribution in [-0.2, 0) is 11.2 Å². The fourth-order valence-corrected chi connectivity index (χ4v) is 0.927. The van der Waals surface area contributed by atoms with Crippen LogP contribution in [-0.4, -0.2) is 41.0 Å². The zero-order valence-electron chi connectivity index (χ0n) is 6.95. The molecule has 0 aliphatic heterocycles. The fourth-order valence-electron chi connectivity index (χ4n) is 0.927. The van der Waals surface area contributed by atoms with Gasteiger partial charge in [-0.15, -0.1) is 15.3 Å². The summed E-state index contributed by atoms with van der Waals surface area (Å²) in [7, 11) is 0. The minimum absolute atomic E-state index is 0.185. The lowest BCUT2D eigenvalue weighted by Gasteiger charge is -1.88. The first kappa shape index (κ1) is 8.35. The van der Waals surface area contributed by atoms with Crippen LogP contribution in [0.2, 0.25) is 0 Å². The quantitative estimate of drug-likeness (QED) is 0.649. The summed E-state index contributed by atoms with van der Waals surface area (Å²) in [4.78, 5) is 14.3. The third kappa shape index (κ3) is 1.58. The van der Waals surface area contributed by atoms with Gasteiger partial charge in [-0.1, -0.05) is 0 Å². The molecule has 0 atom stereocenters. The number of H-pyrrole nitrogens is 1. The standard InChI is InChI=1S/C6H6N6O2/c13-5(14)1-4-9-6(11-10-4)12-2-7-8-3-12/h2-3H,1H2,(H,13,14)(H,9,10,11). The molecule has 8 nitrogen and oxygen atoms in total. The van der Waals surface area contributed by atoms with Crippen LogP contribution in [0.25, 0.3) is 5.95 Å². The van der Waals surface area contributed by atoms with Crippen LogP contribution in [0.5, 0.6) is 0 Å². The van der Waals surface area contributed by atoms with Gasteiger partial charge < -0.3 is 5.11 Å². The maximum atomic E-state index is 10.3. The highest BCUT2D eigenvalue weighted by Crippen LogP contribution is 1.98. The van der Waals surface area contributed by atoms with Gasteiger partial charge in [-0.3, -0.25) is 14.5 Å². The Kier molecular flexibility index (Phi) is 1.94. The summed E-state index contributed by atoms with van der Waals surface area (Å²) >= 11 is 0. The van der Waals surface area contributed by atoms with E-state index < -0.39 is 5.97 Å². The van der Waals surface area contributed by atoms with Crippen LogP contribution in [0.3, 0.4) is 0 Å². The van der Waals surface area contributed by atoms with Gasteiger partial charge in [0.25, 0.3) is 5.95 Å². The largest absolute Gasteiger partial charge is 0.481 e. The summed E-state index contributed by atoms with van der Waals surface area (Å²) < 4.78 is 1.47. The summed E-state index contributed by atoms with van der Waals surface area (Å²) in [5.74, 6) is -0.344. The molecule has 0 saturated carbocycles. The number of carboxylic acids is 1. The lowest BCUT2D eigenvalue weighted by Crippen LogP contribution is -2.02. The Labute approximate surface area is 77.6 Å². The van der Waals surface area contributed by atoms with Crippen LogP contribution >= 0.6 is 0 Å². The number of rotatable bonds is 3. The van der Waals surface area contributed by atoms with Crippen molar-refractivity contribution in [3.05, 3.63) is 18.5 Å². The number of carbonyl (C=O) groups is 1. The molecule has 72 valence electrons. The number of nitrogens with zero attached hydrogens (tertiary/aromatic N) is 5. The second-order valence-electron chi connectivity index (χ2n) is 2.52. The summed E-state index contributed by atoms with van der Waals surface area (Å²) in [5.41, 5.74) is 0. The molecule has 0 aliphatic rings. The van der Waals surface area contributed by atoms with E-state index in [-0.39, 0.29) is 6.42 Å². The first-order valence-electron chi connectivity index (χ1n) is 3.74. The topological polar surface area (TPSA) is 110 Å². The van der Waals surface area contributed by atoms with E-state index in [4.69, 9.17) is 5.11 Å². The molecule has 8 heteroatoms. The maximum absolute atomic E-state index is 10.3. The predicted molar refractivity (Wildman–Crippen MR) is 42.6 cm³/mol. The Morgan fingerprint density at radius 2 is 2.21 bits per heavy atom. The molecule has 0 aromatic carbocycles. The van der Waals surface area contributed by atoms with Crippen LogP contribution in [0.1, 0.15) is 5.82 Å². The third-order valence-corrected chi connectivity index (χ3v) is 1.49.